The summed E-state index contributed by atoms with van der Waals surface area (Å²) in [7, 11) is 4.91. The summed E-state index contributed by atoms with van der Waals surface area (Å²) >= 11 is 0. The minimum absolute atomic E-state index is 0.275. The second-order valence-corrected chi connectivity index (χ2v) is 9.50. The Balaban J connectivity index is 2.33. The summed E-state index contributed by atoms with van der Waals surface area (Å²) in [4.78, 5) is 0. The number of fused-ring (bicyclic) bond motifs is 1. The molecule has 8 heteroatoms. The molecule has 3 rings (SSSR count). The molecule has 0 unspecified atom stereocenters. The van der Waals surface area contributed by atoms with E-state index in [0.29, 0.717) is 22.8 Å². The van der Waals surface area contributed by atoms with Gasteiger partial charge in [0, 0.05) is 23.2 Å². The maximum absolute atomic E-state index is 5.57. The molecule has 0 N–H and O–H groups in total. The van der Waals surface area contributed by atoms with Crippen LogP contribution in [-0.2, 0) is 11.1 Å². The third-order valence-corrected chi connectivity index (χ3v) is 5.07. The SMILES string of the molecule is COc1ccc(N=NN=c2n(C(C)(C)C)c3cc(OC)c(OC)cc3n2C(C)(C)C)cc1. The molecule has 0 saturated heterocycles. The highest BCUT2D eigenvalue weighted by Gasteiger charge is 2.28. The third-order valence-electron chi connectivity index (χ3n) is 5.07. The van der Waals surface area contributed by atoms with Crippen LogP contribution in [0.1, 0.15) is 41.5 Å². The van der Waals surface area contributed by atoms with E-state index < -0.39 is 0 Å². The first-order chi connectivity index (χ1) is 15.0. The average Bonchev–Trinajstić information content (AvgIpc) is 3.06. The number of benzene rings is 2. The van der Waals surface area contributed by atoms with E-state index in [1.807, 2.05) is 36.4 Å². The first kappa shape index (κ1) is 23.4. The van der Waals surface area contributed by atoms with Crippen LogP contribution in [0.3, 0.4) is 0 Å². The van der Waals surface area contributed by atoms with Crippen molar-refractivity contribution < 1.29 is 14.2 Å². The molecule has 0 aliphatic rings. The summed E-state index contributed by atoms with van der Waals surface area (Å²) in [6.45, 7) is 12.8. The quantitative estimate of drug-likeness (QED) is 0.385. The fourth-order valence-electron chi connectivity index (χ4n) is 3.71. The zero-order valence-corrected chi connectivity index (χ0v) is 20.4. The topological polar surface area (TPSA) is 74.6 Å². The van der Waals surface area contributed by atoms with Gasteiger partial charge in [0.15, 0.2) is 11.5 Å². The molecule has 0 aliphatic carbocycles. The van der Waals surface area contributed by atoms with Crippen molar-refractivity contribution in [3.63, 3.8) is 0 Å². The predicted molar refractivity (Wildman–Crippen MR) is 126 cm³/mol. The van der Waals surface area contributed by atoms with Gasteiger partial charge in [-0.2, -0.15) is 0 Å². The fraction of sp³-hybridized carbons (Fsp3) is 0.458. The summed E-state index contributed by atoms with van der Waals surface area (Å²) in [5, 5.41) is 13.1. The Bertz CT molecular complexity index is 1130. The molecule has 0 atom stereocenters. The van der Waals surface area contributed by atoms with Crippen LogP contribution >= 0.6 is 0 Å². The van der Waals surface area contributed by atoms with E-state index in [-0.39, 0.29) is 11.1 Å². The Hall–Kier alpha value is -3.29. The summed E-state index contributed by atoms with van der Waals surface area (Å²) in [6.07, 6.45) is 0. The van der Waals surface area contributed by atoms with E-state index in [4.69, 9.17) is 14.2 Å². The van der Waals surface area contributed by atoms with E-state index in [0.717, 1.165) is 16.8 Å². The number of methoxy groups -OCH3 is 3. The van der Waals surface area contributed by atoms with Crippen LogP contribution in [-0.4, -0.2) is 30.5 Å². The molecular weight excluding hydrogens is 406 g/mol. The van der Waals surface area contributed by atoms with Crippen LogP contribution < -0.4 is 19.8 Å². The lowest BCUT2D eigenvalue weighted by molar-refractivity contribution is 0.341. The second-order valence-electron chi connectivity index (χ2n) is 9.50. The molecule has 1 heterocycles. The lowest BCUT2D eigenvalue weighted by Gasteiger charge is -2.24. The lowest BCUT2D eigenvalue weighted by Crippen LogP contribution is -2.40. The highest BCUT2D eigenvalue weighted by molar-refractivity contribution is 5.81. The molecule has 0 spiro atoms. The molecule has 0 aliphatic heterocycles. The highest BCUT2D eigenvalue weighted by Crippen LogP contribution is 2.35. The highest BCUT2D eigenvalue weighted by atomic mass is 16.5. The van der Waals surface area contributed by atoms with Gasteiger partial charge in [-0.25, -0.2) is 0 Å². The van der Waals surface area contributed by atoms with E-state index in [1.54, 1.807) is 21.3 Å². The van der Waals surface area contributed by atoms with Crippen LogP contribution in [0, 0.1) is 0 Å². The van der Waals surface area contributed by atoms with Crippen molar-refractivity contribution in [1.82, 2.24) is 9.13 Å². The van der Waals surface area contributed by atoms with Crippen molar-refractivity contribution in [2.45, 2.75) is 52.6 Å². The molecule has 0 amide bonds. The van der Waals surface area contributed by atoms with Gasteiger partial charge in [0.05, 0.1) is 38.1 Å². The third kappa shape index (κ3) is 4.49. The molecule has 0 radical (unpaired) electrons. The van der Waals surface area contributed by atoms with Crippen molar-refractivity contribution >= 4 is 16.7 Å². The number of nitrogens with zero attached hydrogens (tertiary/aromatic N) is 5. The zero-order valence-electron chi connectivity index (χ0n) is 20.4. The molecular formula is C24H33N5O3. The van der Waals surface area contributed by atoms with Gasteiger partial charge in [0.2, 0.25) is 5.62 Å². The van der Waals surface area contributed by atoms with Crippen LogP contribution in [0.25, 0.3) is 11.0 Å². The Morgan fingerprint density at radius 1 is 0.688 bits per heavy atom. The normalized spacial score (nSPS) is 12.4. The maximum atomic E-state index is 5.57. The van der Waals surface area contributed by atoms with E-state index >= 15 is 0 Å². The first-order valence-corrected chi connectivity index (χ1v) is 10.5. The molecule has 8 nitrogen and oxygen atoms in total. The number of ether oxygens (including phenoxy) is 3. The smallest absolute Gasteiger partial charge is 0.233 e. The van der Waals surface area contributed by atoms with Gasteiger partial charge in [-0.3, -0.25) is 0 Å². The molecule has 0 fully saturated rings. The van der Waals surface area contributed by atoms with Crippen molar-refractivity contribution in [3.05, 3.63) is 42.0 Å². The van der Waals surface area contributed by atoms with Gasteiger partial charge < -0.3 is 23.3 Å². The maximum Gasteiger partial charge on any atom is 0.233 e. The average molecular weight is 440 g/mol. The van der Waals surface area contributed by atoms with Crippen molar-refractivity contribution in [3.8, 4) is 17.2 Å². The van der Waals surface area contributed by atoms with Crippen molar-refractivity contribution in [2.24, 2.45) is 15.4 Å². The predicted octanol–water partition coefficient (Wildman–Crippen LogP) is 5.58. The lowest BCUT2D eigenvalue weighted by atomic mass is 10.1. The molecule has 1 aromatic heterocycles. The minimum atomic E-state index is -0.275. The molecule has 0 saturated carbocycles. The van der Waals surface area contributed by atoms with Gasteiger partial charge in [-0.05, 0) is 71.0 Å². The Morgan fingerprint density at radius 3 is 1.53 bits per heavy atom. The van der Waals surface area contributed by atoms with Gasteiger partial charge in [0.25, 0.3) is 0 Å². The zero-order chi connectivity index (χ0) is 23.7. The summed E-state index contributed by atoms with van der Waals surface area (Å²) in [5.74, 6) is 2.09. The Kier molecular flexibility index (Phi) is 6.34. The van der Waals surface area contributed by atoms with E-state index in [1.165, 1.54) is 0 Å². The van der Waals surface area contributed by atoms with Gasteiger partial charge in [0.1, 0.15) is 5.75 Å². The summed E-state index contributed by atoms with van der Waals surface area (Å²) < 4.78 is 20.7. The Morgan fingerprint density at radius 2 is 1.16 bits per heavy atom. The largest absolute Gasteiger partial charge is 0.497 e. The Labute approximate surface area is 189 Å². The molecule has 2 aromatic carbocycles. The van der Waals surface area contributed by atoms with Crippen LogP contribution in [0.4, 0.5) is 5.69 Å². The van der Waals surface area contributed by atoms with Crippen LogP contribution in [0.2, 0.25) is 0 Å². The van der Waals surface area contributed by atoms with Gasteiger partial charge in [-0.15, -0.1) is 5.11 Å². The summed E-state index contributed by atoms with van der Waals surface area (Å²) in [5.41, 5.74) is 2.78. The number of aromatic nitrogens is 2. The fourth-order valence-corrected chi connectivity index (χ4v) is 3.71. The minimum Gasteiger partial charge on any atom is -0.497 e. The number of rotatable bonds is 5. The van der Waals surface area contributed by atoms with E-state index in [2.05, 4.69) is 66.1 Å². The van der Waals surface area contributed by atoms with Gasteiger partial charge >= 0.3 is 0 Å². The first-order valence-electron chi connectivity index (χ1n) is 10.5. The van der Waals surface area contributed by atoms with Crippen molar-refractivity contribution in [2.75, 3.05) is 21.3 Å². The van der Waals surface area contributed by atoms with Crippen molar-refractivity contribution in [1.29, 1.82) is 0 Å². The molecule has 0 bridgehead atoms. The number of hydrogen-bond donors (Lipinski definition) is 0. The molecule has 3 aromatic rings. The second kappa shape index (κ2) is 8.68. The molecule has 172 valence electrons. The van der Waals surface area contributed by atoms with E-state index in [9.17, 15) is 0 Å². The monoisotopic (exact) mass is 439 g/mol. The number of hydrogen-bond acceptors (Lipinski definition) is 5. The number of imidazole rings is 1. The van der Waals surface area contributed by atoms with Gasteiger partial charge in [-0.1, -0.05) is 5.10 Å². The summed E-state index contributed by atoms with van der Waals surface area (Å²) in [6, 6.07) is 11.3. The van der Waals surface area contributed by atoms with Crippen LogP contribution in [0.15, 0.2) is 51.8 Å². The standard InChI is InChI=1S/C24H33N5O3/c1-23(2,3)28-18-14-20(31-8)21(32-9)15-19(18)29(24(4,5)6)22(28)26-27-25-16-10-12-17(30-7)13-11-16/h10-15H,1-9H3. The molecule has 32 heavy (non-hydrogen) atoms. The van der Waals surface area contributed by atoms with Crippen LogP contribution in [0.5, 0.6) is 17.2 Å².